The summed E-state index contributed by atoms with van der Waals surface area (Å²) in [6, 6.07) is 11.1. The van der Waals surface area contributed by atoms with Crippen molar-refractivity contribution in [3.63, 3.8) is 0 Å². The summed E-state index contributed by atoms with van der Waals surface area (Å²) in [6.07, 6.45) is 6.83. The number of likely N-dealkylation sites (N-methyl/N-ethyl adjacent to an activating group) is 1. The summed E-state index contributed by atoms with van der Waals surface area (Å²) in [5, 5.41) is 2.67. The Labute approximate surface area is 208 Å². The molecule has 0 bridgehead atoms. The van der Waals surface area contributed by atoms with E-state index >= 15 is 0 Å². The third-order valence-corrected chi connectivity index (χ3v) is 6.38. The molecule has 1 amide bonds. The maximum Gasteiger partial charge on any atom is 0.255 e. The molecule has 2 heterocycles. The van der Waals surface area contributed by atoms with Crippen LogP contribution in [0.15, 0.2) is 66.8 Å². The fourth-order valence-electron chi connectivity index (χ4n) is 4.12. The molecule has 3 rings (SSSR count). The predicted molar refractivity (Wildman–Crippen MR) is 141 cm³/mol. The third kappa shape index (κ3) is 7.50. The Hall–Kier alpha value is -3.49. The van der Waals surface area contributed by atoms with Crippen LogP contribution in [0.5, 0.6) is 0 Å². The van der Waals surface area contributed by atoms with E-state index < -0.39 is 0 Å². The Morgan fingerprint density at radius 1 is 1.03 bits per heavy atom. The van der Waals surface area contributed by atoms with Gasteiger partial charge < -0.3 is 20.9 Å². The Kier molecular flexibility index (Phi) is 10.0. The van der Waals surface area contributed by atoms with Gasteiger partial charge in [-0.05, 0) is 66.7 Å². The largest absolute Gasteiger partial charge is 0.404 e. The molecular weight excluding hydrogens is 440 g/mol. The molecule has 8 heteroatoms. The number of nitrogens with two attached hydrogens (primary N) is 1. The van der Waals surface area contributed by atoms with E-state index in [9.17, 15) is 9.59 Å². The number of pyridine rings is 1. The van der Waals surface area contributed by atoms with Gasteiger partial charge in [0.1, 0.15) is 0 Å². The van der Waals surface area contributed by atoms with E-state index in [1.165, 1.54) is 6.20 Å². The summed E-state index contributed by atoms with van der Waals surface area (Å²) >= 11 is 0. The number of amides is 1. The number of nitrogens with one attached hydrogen (secondary N) is 1. The molecule has 1 aliphatic heterocycles. The van der Waals surface area contributed by atoms with Gasteiger partial charge in [0.2, 0.25) is 0 Å². The minimum absolute atomic E-state index is 0.133. The zero-order valence-electron chi connectivity index (χ0n) is 20.7. The fourth-order valence-corrected chi connectivity index (χ4v) is 4.12. The van der Waals surface area contributed by atoms with Crippen LogP contribution in [0.25, 0.3) is 5.57 Å². The minimum Gasteiger partial charge on any atom is -0.404 e. The van der Waals surface area contributed by atoms with E-state index in [0.717, 1.165) is 63.6 Å². The quantitative estimate of drug-likeness (QED) is 0.292. The Morgan fingerprint density at radius 3 is 2.26 bits per heavy atom. The van der Waals surface area contributed by atoms with Crippen LogP contribution in [0.2, 0.25) is 0 Å². The molecule has 1 aliphatic rings. The highest BCUT2D eigenvalue weighted by molar-refractivity contribution is 5.99. The molecule has 3 N–H and O–H groups in total. The van der Waals surface area contributed by atoms with E-state index in [2.05, 4.69) is 38.8 Å². The van der Waals surface area contributed by atoms with E-state index in [4.69, 9.17) is 5.73 Å². The van der Waals surface area contributed by atoms with Crippen LogP contribution in [0.1, 0.15) is 29.8 Å². The molecule has 0 radical (unpaired) electrons. The van der Waals surface area contributed by atoms with Crippen LogP contribution in [0.3, 0.4) is 0 Å². The number of nitrogens with zero attached hydrogens (tertiary/aromatic N) is 4. The molecule has 0 spiro atoms. The standard InChI is InChI=1S/C27H36N6O2/c1-3-31(4-2)13-14-32-15-17-33(18-16-32)26-7-5-23(6-8-26)27(35)30-25(21-34)19-24(20-28)22-9-11-29-12-10-22/h5-12,19-21H,3-4,13-18,28H2,1-2H3,(H,30,35)/b24-20+,25-19+. The van der Waals surface area contributed by atoms with Gasteiger partial charge in [-0.25, -0.2) is 0 Å². The van der Waals surface area contributed by atoms with E-state index in [1.54, 1.807) is 42.7 Å². The van der Waals surface area contributed by atoms with Crippen molar-refractivity contribution in [2.75, 3.05) is 57.3 Å². The molecule has 2 aromatic rings. The lowest BCUT2D eigenvalue weighted by Gasteiger charge is -2.37. The summed E-state index contributed by atoms with van der Waals surface area (Å²) in [5.74, 6) is -0.345. The second kappa shape index (κ2) is 13.4. The van der Waals surface area contributed by atoms with Gasteiger partial charge in [0.05, 0.1) is 5.70 Å². The number of aromatic nitrogens is 1. The summed E-state index contributed by atoms with van der Waals surface area (Å²) in [4.78, 5) is 35.6. The topological polar surface area (TPSA) is 94.8 Å². The first-order valence-corrected chi connectivity index (χ1v) is 12.2. The Morgan fingerprint density at radius 2 is 1.69 bits per heavy atom. The van der Waals surface area contributed by atoms with Crippen LogP contribution in [-0.2, 0) is 4.79 Å². The maximum atomic E-state index is 12.7. The highest BCUT2D eigenvalue weighted by Crippen LogP contribution is 2.18. The first-order valence-electron chi connectivity index (χ1n) is 12.2. The number of rotatable bonds is 11. The summed E-state index contributed by atoms with van der Waals surface area (Å²) < 4.78 is 0. The first kappa shape index (κ1) is 26.1. The number of allylic oxidation sites excluding steroid dienone is 3. The number of aldehydes is 1. The molecule has 0 unspecified atom stereocenters. The van der Waals surface area contributed by atoms with Crippen molar-refractivity contribution in [3.05, 3.63) is 77.9 Å². The number of anilines is 1. The number of hydrogen-bond acceptors (Lipinski definition) is 7. The molecular formula is C27H36N6O2. The van der Waals surface area contributed by atoms with E-state index in [1.807, 2.05) is 12.1 Å². The molecule has 1 aromatic carbocycles. The molecule has 186 valence electrons. The maximum absolute atomic E-state index is 12.7. The molecule has 8 nitrogen and oxygen atoms in total. The van der Waals surface area contributed by atoms with Gasteiger partial charge in [-0.15, -0.1) is 0 Å². The monoisotopic (exact) mass is 476 g/mol. The minimum atomic E-state index is -0.345. The van der Waals surface area contributed by atoms with Gasteiger partial charge in [-0.1, -0.05) is 13.8 Å². The van der Waals surface area contributed by atoms with Crippen LogP contribution in [0.4, 0.5) is 5.69 Å². The Balaban J connectivity index is 1.55. The van der Waals surface area contributed by atoms with Crippen molar-refractivity contribution < 1.29 is 9.59 Å². The van der Waals surface area contributed by atoms with Gasteiger partial charge in [0, 0.05) is 69.1 Å². The van der Waals surface area contributed by atoms with Crippen molar-refractivity contribution in [1.29, 1.82) is 0 Å². The van der Waals surface area contributed by atoms with Crippen LogP contribution in [-0.4, -0.2) is 79.3 Å². The summed E-state index contributed by atoms with van der Waals surface area (Å²) in [5.41, 5.74) is 8.85. The smallest absolute Gasteiger partial charge is 0.255 e. The average Bonchev–Trinajstić information content (AvgIpc) is 2.92. The molecule has 35 heavy (non-hydrogen) atoms. The summed E-state index contributed by atoms with van der Waals surface area (Å²) in [7, 11) is 0. The molecule has 0 atom stereocenters. The van der Waals surface area contributed by atoms with E-state index in [0.29, 0.717) is 17.4 Å². The highest BCUT2D eigenvalue weighted by atomic mass is 16.2. The molecule has 0 saturated carbocycles. The average molecular weight is 477 g/mol. The lowest BCUT2D eigenvalue weighted by atomic mass is 10.1. The van der Waals surface area contributed by atoms with Crippen molar-refractivity contribution >= 4 is 23.5 Å². The predicted octanol–water partition coefficient (Wildman–Crippen LogP) is 2.36. The normalized spacial score (nSPS) is 15.3. The van der Waals surface area contributed by atoms with Gasteiger partial charge in [0.15, 0.2) is 6.29 Å². The van der Waals surface area contributed by atoms with Crippen LogP contribution >= 0.6 is 0 Å². The van der Waals surface area contributed by atoms with Crippen molar-refractivity contribution in [1.82, 2.24) is 20.1 Å². The lowest BCUT2D eigenvalue weighted by Crippen LogP contribution is -2.48. The van der Waals surface area contributed by atoms with Crippen molar-refractivity contribution in [2.24, 2.45) is 5.73 Å². The molecule has 1 saturated heterocycles. The lowest BCUT2D eigenvalue weighted by molar-refractivity contribution is -0.105. The zero-order valence-corrected chi connectivity index (χ0v) is 20.7. The van der Waals surface area contributed by atoms with Crippen molar-refractivity contribution in [3.8, 4) is 0 Å². The highest BCUT2D eigenvalue weighted by Gasteiger charge is 2.18. The summed E-state index contributed by atoms with van der Waals surface area (Å²) in [6.45, 7) is 12.8. The number of carbonyl (C=O) groups is 2. The second-order valence-corrected chi connectivity index (χ2v) is 8.43. The molecule has 1 aromatic heterocycles. The van der Waals surface area contributed by atoms with Crippen molar-refractivity contribution in [2.45, 2.75) is 13.8 Å². The number of carbonyl (C=O) groups excluding carboxylic acids is 2. The SMILES string of the molecule is CCN(CC)CCN1CCN(c2ccc(C(=O)N/C(C=O)=C/C(=C\N)c3ccncc3)cc2)CC1. The van der Waals surface area contributed by atoms with E-state index in [-0.39, 0.29) is 11.6 Å². The van der Waals surface area contributed by atoms with Crippen LogP contribution in [0, 0.1) is 0 Å². The van der Waals surface area contributed by atoms with Gasteiger partial charge in [-0.3, -0.25) is 19.5 Å². The Bertz CT molecular complexity index is 1010. The zero-order chi connectivity index (χ0) is 25.0. The molecule has 1 fully saturated rings. The fraction of sp³-hybridized carbons (Fsp3) is 0.370. The third-order valence-electron chi connectivity index (χ3n) is 6.38. The first-order chi connectivity index (χ1) is 17.1. The van der Waals surface area contributed by atoms with Gasteiger partial charge >= 0.3 is 0 Å². The molecule has 0 aliphatic carbocycles. The van der Waals surface area contributed by atoms with Gasteiger partial charge in [0.25, 0.3) is 5.91 Å². The second-order valence-electron chi connectivity index (χ2n) is 8.43. The number of piperazine rings is 1. The number of benzene rings is 1. The van der Waals surface area contributed by atoms with Gasteiger partial charge in [-0.2, -0.15) is 0 Å². The van der Waals surface area contributed by atoms with Crippen LogP contribution < -0.4 is 16.0 Å². The number of hydrogen-bond donors (Lipinski definition) is 2.